The van der Waals surface area contributed by atoms with Gasteiger partial charge in [-0.25, -0.2) is 0 Å². The lowest BCUT2D eigenvalue weighted by Gasteiger charge is -2.22. The Morgan fingerprint density at radius 2 is 1.84 bits per heavy atom. The van der Waals surface area contributed by atoms with Crippen molar-refractivity contribution < 1.29 is 24.1 Å². The molecule has 5 nitrogen and oxygen atoms in total. The van der Waals surface area contributed by atoms with Crippen molar-refractivity contribution in [3.8, 4) is 0 Å². The van der Waals surface area contributed by atoms with E-state index >= 15 is 0 Å². The number of allylic oxidation sites excluding steroid dienone is 4. The maximum Gasteiger partial charge on any atom is 0.309 e. The maximum absolute atomic E-state index is 12.8. The van der Waals surface area contributed by atoms with Crippen LogP contribution in [0.5, 0.6) is 0 Å². The monoisotopic (exact) mass is 470 g/mol. The average molecular weight is 471 g/mol. The van der Waals surface area contributed by atoms with Gasteiger partial charge in [0.05, 0.1) is 5.41 Å². The second-order valence-corrected chi connectivity index (χ2v) is 13.6. The van der Waals surface area contributed by atoms with Gasteiger partial charge in [0.1, 0.15) is 20.3 Å². The highest BCUT2D eigenvalue weighted by atomic mass is 32.2. The van der Waals surface area contributed by atoms with Crippen LogP contribution in [0.1, 0.15) is 79.1 Å². The molecule has 2 N–H and O–H groups in total. The number of carbonyl (C=O) groups is 1. The average Bonchev–Trinajstić information content (AvgIpc) is 3.23. The van der Waals surface area contributed by atoms with Crippen molar-refractivity contribution in [2.45, 2.75) is 89.6 Å². The molecule has 0 bridgehead atoms. The fourth-order valence-electron chi connectivity index (χ4n) is 3.83. The first-order valence-corrected chi connectivity index (χ1v) is 13.6. The fourth-order valence-corrected chi connectivity index (χ4v) is 6.83. The molecule has 0 saturated heterocycles. The molecule has 0 aromatic rings. The summed E-state index contributed by atoms with van der Waals surface area (Å²) in [6.45, 7) is 7.69. The minimum absolute atomic E-state index is 0.0864. The van der Waals surface area contributed by atoms with Crippen molar-refractivity contribution in [3.63, 3.8) is 0 Å². The van der Waals surface area contributed by atoms with E-state index in [9.17, 15) is 24.1 Å². The van der Waals surface area contributed by atoms with Crippen LogP contribution in [-0.2, 0) is 27.1 Å². The van der Waals surface area contributed by atoms with Crippen LogP contribution >= 0.6 is 0 Å². The lowest BCUT2D eigenvalue weighted by atomic mass is 9.87. The van der Waals surface area contributed by atoms with Gasteiger partial charge < -0.3 is 19.3 Å². The number of hydrogen-bond acceptors (Lipinski definition) is 4. The molecule has 4 unspecified atom stereocenters. The second-order valence-electron chi connectivity index (χ2n) is 10.1. The first-order valence-electron chi connectivity index (χ1n) is 11.2. The molecule has 176 valence electrons. The Kier molecular flexibility index (Phi) is 9.77. The van der Waals surface area contributed by atoms with Crippen LogP contribution in [-0.4, -0.2) is 42.4 Å². The van der Waals surface area contributed by atoms with Crippen LogP contribution in [0.2, 0.25) is 0 Å². The first-order chi connectivity index (χ1) is 14.5. The van der Waals surface area contributed by atoms with Crippen LogP contribution < -0.4 is 0 Å². The highest BCUT2D eigenvalue weighted by molar-refractivity contribution is 7.96. The van der Waals surface area contributed by atoms with Gasteiger partial charge in [-0.3, -0.25) is 4.79 Å². The van der Waals surface area contributed by atoms with E-state index in [0.717, 1.165) is 35.5 Å². The summed E-state index contributed by atoms with van der Waals surface area (Å²) in [5.41, 5.74) is -0.847. The number of aliphatic carboxylic acids is 1. The van der Waals surface area contributed by atoms with E-state index in [-0.39, 0.29) is 22.5 Å². The Morgan fingerprint density at radius 3 is 2.48 bits per heavy atom. The summed E-state index contributed by atoms with van der Waals surface area (Å²) >= 11 is -2.12. The second kappa shape index (κ2) is 11.4. The maximum atomic E-state index is 12.8. The molecule has 2 aliphatic rings. The molecule has 0 aromatic heterocycles. The first kappa shape index (κ1) is 26.5. The Labute approximate surface area is 193 Å². The van der Waals surface area contributed by atoms with Crippen molar-refractivity contribution in [2.75, 3.05) is 6.61 Å². The van der Waals surface area contributed by atoms with Gasteiger partial charge in [0, 0.05) is 25.9 Å². The zero-order valence-electron chi connectivity index (χ0n) is 19.3. The van der Waals surface area contributed by atoms with Crippen molar-refractivity contribution in [2.24, 2.45) is 10.8 Å². The number of aliphatic hydroxyl groups is 1. The third-order valence-electron chi connectivity index (χ3n) is 6.31. The molecule has 0 aromatic carbocycles. The molecule has 0 fully saturated rings. The standard InChI is InChI=1S/C24H38O5S2/c1-23(2,17-25)15-5-7-18-9-11-20(30(18)28)13-14-21-12-10-19(31(21)29)8-6-16-24(3,4)22(26)27/h10-11,13-14,18,21,25H,5-9,12,15-17H2,1-4H3,(H,26,27). The van der Waals surface area contributed by atoms with E-state index in [1.54, 1.807) is 13.8 Å². The van der Waals surface area contributed by atoms with Gasteiger partial charge in [-0.15, -0.1) is 0 Å². The number of carboxylic acids is 1. The third kappa shape index (κ3) is 7.67. The van der Waals surface area contributed by atoms with Crippen molar-refractivity contribution in [1.82, 2.24) is 0 Å². The highest BCUT2D eigenvalue weighted by Gasteiger charge is 2.34. The van der Waals surface area contributed by atoms with Crippen LogP contribution in [0.25, 0.3) is 0 Å². The van der Waals surface area contributed by atoms with Crippen molar-refractivity contribution in [1.29, 1.82) is 0 Å². The highest BCUT2D eigenvalue weighted by Crippen LogP contribution is 2.35. The van der Waals surface area contributed by atoms with Crippen LogP contribution in [0.3, 0.4) is 0 Å². The van der Waals surface area contributed by atoms with Gasteiger partial charge >= 0.3 is 5.97 Å². The summed E-state index contributed by atoms with van der Waals surface area (Å²) in [7, 11) is 0. The molecule has 2 rings (SSSR count). The lowest BCUT2D eigenvalue weighted by molar-refractivity contribution is -0.147. The molecule has 0 aliphatic carbocycles. The van der Waals surface area contributed by atoms with Crippen LogP contribution in [0, 0.1) is 10.8 Å². The SMILES string of the molecule is CC(C)(CO)CCCC1CC=C(C=CC2CC=C(CCCC(C)(C)C(=O)O)[S+]2[O-])[S+]1[O-]. The van der Waals surface area contributed by atoms with Crippen LogP contribution in [0.15, 0.2) is 34.1 Å². The minimum atomic E-state index is -1.10. The third-order valence-corrected chi connectivity index (χ3v) is 9.90. The molecule has 0 spiro atoms. The summed E-state index contributed by atoms with van der Waals surface area (Å²) in [6, 6.07) is 0. The van der Waals surface area contributed by atoms with Gasteiger partial charge in [0.2, 0.25) is 0 Å². The quantitative estimate of drug-likeness (QED) is 0.398. The molecule has 4 atom stereocenters. The molecular weight excluding hydrogens is 432 g/mol. The van der Waals surface area contributed by atoms with Crippen LogP contribution in [0.4, 0.5) is 0 Å². The topological polar surface area (TPSA) is 104 Å². The van der Waals surface area contributed by atoms with E-state index in [1.165, 1.54) is 0 Å². The molecule has 0 saturated carbocycles. The Morgan fingerprint density at radius 1 is 1.13 bits per heavy atom. The summed E-state index contributed by atoms with van der Waals surface area (Å²) in [5, 5.41) is 18.6. The molecular formula is C24H38O5S2. The smallest absolute Gasteiger partial charge is 0.309 e. The van der Waals surface area contributed by atoms with Gasteiger partial charge in [0.25, 0.3) is 0 Å². The summed E-state index contributed by atoms with van der Waals surface area (Å²) in [4.78, 5) is 13.0. The summed E-state index contributed by atoms with van der Waals surface area (Å²) in [6.07, 6.45) is 14.1. The van der Waals surface area contributed by atoms with Gasteiger partial charge in [-0.2, -0.15) is 0 Å². The molecule has 31 heavy (non-hydrogen) atoms. The zero-order chi connectivity index (χ0) is 23.2. The molecule has 2 aliphatic heterocycles. The minimum Gasteiger partial charge on any atom is -0.611 e. The number of hydrogen-bond donors (Lipinski definition) is 2. The van der Waals surface area contributed by atoms with E-state index in [0.29, 0.717) is 25.7 Å². The Hall–Kier alpha value is -0.730. The zero-order valence-corrected chi connectivity index (χ0v) is 20.9. The van der Waals surface area contributed by atoms with E-state index in [4.69, 9.17) is 0 Å². The van der Waals surface area contributed by atoms with Gasteiger partial charge in [-0.05, 0) is 98.0 Å². The lowest BCUT2D eigenvalue weighted by Crippen LogP contribution is -2.23. The van der Waals surface area contributed by atoms with E-state index in [2.05, 4.69) is 0 Å². The summed E-state index contributed by atoms with van der Waals surface area (Å²) < 4.78 is 25.5. The molecule has 7 heteroatoms. The van der Waals surface area contributed by atoms with Gasteiger partial charge in [0.15, 0.2) is 0 Å². The van der Waals surface area contributed by atoms with Crippen molar-refractivity contribution in [3.05, 3.63) is 34.1 Å². The van der Waals surface area contributed by atoms with E-state index < -0.39 is 33.7 Å². The number of rotatable bonds is 12. The fraction of sp³-hybridized carbons (Fsp3) is 0.708. The largest absolute Gasteiger partial charge is 0.611 e. The normalized spacial score (nSPS) is 27.1. The Balaban J connectivity index is 1.77. The molecule has 0 amide bonds. The van der Waals surface area contributed by atoms with E-state index in [1.807, 2.05) is 38.2 Å². The molecule has 0 radical (unpaired) electrons. The molecule has 2 heterocycles. The predicted octanol–water partition coefficient (Wildman–Crippen LogP) is 4.82. The predicted molar refractivity (Wildman–Crippen MR) is 128 cm³/mol. The summed E-state index contributed by atoms with van der Waals surface area (Å²) in [5.74, 6) is -0.803. The Bertz CT molecular complexity index is 711. The number of carboxylic acid groups (broad SMARTS) is 1. The van der Waals surface area contributed by atoms with Crippen molar-refractivity contribution >= 4 is 28.3 Å². The number of aliphatic hydroxyl groups excluding tert-OH is 1. The van der Waals surface area contributed by atoms with Gasteiger partial charge in [-0.1, -0.05) is 13.8 Å².